The van der Waals surface area contributed by atoms with Gasteiger partial charge in [0.05, 0.1) is 11.0 Å². The van der Waals surface area contributed by atoms with Gasteiger partial charge in [-0.25, -0.2) is 18.7 Å². The molecule has 5 nitrogen and oxygen atoms in total. The van der Waals surface area contributed by atoms with Crippen molar-refractivity contribution >= 4 is 33.5 Å². The van der Waals surface area contributed by atoms with Crippen LogP contribution in [0.25, 0.3) is 27.7 Å². The first kappa shape index (κ1) is 17.3. The van der Waals surface area contributed by atoms with Crippen molar-refractivity contribution in [1.29, 1.82) is 0 Å². The molecule has 28 heavy (non-hydrogen) atoms. The van der Waals surface area contributed by atoms with Gasteiger partial charge in [-0.15, -0.1) is 0 Å². The Balaban J connectivity index is 1.76. The Hall–Kier alpha value is -2.80. The van der Waals surface area contributed by atoms with Gasteiger partial charge < -0.3 is 9.80 Å². The normalized spacial score (nSPS) is 16.4. The first-order chi connectivity index (χ1) is 13.5. The first-order valence-electron chi connectivity index (χ1n) is 9.52. The SMILES string of the molecule is Cc1cc2ccc(N3CCCN(C)CC3)nc2n2c1nc1cc(F)c(F)cc12. The number of imidazole rings is 1. The van der Waals surface area contributed by atoms with Crippen LogP contribution in [0, 0.1) is 18.6 Å². The van der Waals surface area contributed by atoms with Gasteiger partial charge in [0.2, 0.25) is 0 Å². The van der Waals surface area contributed by atoms with Crippen molar-refractivity contribution in [2.45, 2.75) is 13.3 Å². The highest BCUT2D eigenvalue weighted by Gasteiger charge is 2.18. The summed E-state index contributed by atoms with van der Waals surface area (Å²) in [7, 11) is 2.13. The molecule has 0 N–H and O–H groups in total. The van der Waals surface area contributed by atoms with Gasteiger partial charge in [-0.3, -0.25) is 4.40 Å². The summed E-state index contributed by atoms with van der Waals surface area (Å²) in [5.41, 5.74) is 3.29. The number of aryl methyl sites for hydroxylation is 1. The number of fused-ring (bicyclic) bond motifs is 5. The average molecular weight is 381 g/mol. The third-order valence-electron chi connectivity index (χ3n) is 5.57. The van der Waals surface area contributed by atoms with E-state index in [9.17, 15) is 8.78 Å². The van der Waals surface area contributed by atoms with E-state index in [1.165, 1.54) is 6.07 Å². The van der Waals surface area contributed by atoms with E-state index in [0.717, 1.165) is 55.4 Å². The lowest BCUT2D eigenvalue weighted by molar-refractivity contribution is 0.360. The Morgan fingerprint density at radius 2 is 1.71 bits per heavy atom. The summed E-state index contributed by atoms with van der Waals surface area (Å²) in [6.45, 7) is 5.87. The summed E-state index contributed by atoms with van der Waals surface area (Å²) in [5, 5.41) is 0.949. The van der Waals surface area contributed by atoms with E-state index in [-0.39, 0.29) is 0 Å². The van der Waals surface area contributed by atoms with Crippen LogP contribution >= 0.6 is 0 Å². The van der Waals surface area contributed by atoms with Crippen LogP contribution in [0.15, 0.2) is 30.3 Å². The Labute approximate surface area is 161 Å². The van der Waals surface area contributed by atoms with Crippen molar-refractivity contribution in [1.82, 2.24) is 19.3 Å². The molecule has 5 rings (SSSR count). The van der Waals surface area contributed by atoms with Crippen LogP contribution in [0.4, 0.5) is 14.6 Å². The fraction of sp³-hybridized carbons (Fsp3) is 0.333. The zero-order valence-electron chi connectivity index (χ0n) is 15.9. The first-order valence-corrected chi connectivity index (χ1v) is 9.52. The highest BCUT2D eigenvalue weighted by atomic mass is 19.2. The molecule has 1 aromatic carbocycles. The van der Waals surface area contributed by atoms with Gasteiger partial charge in [0.1, 0.15) is 17.1 Å². The van der Waals surface area contributed by atoms with Crippen molar-refractivity contribution in [3.8, 4) is 0 Å². The van der Waals surface area contributed by atoms with Crippen molar-refractivity contribution < 1.29 is 8.78 Å². The standard InChI is InChI=1S/C21H21F2N5/c1-13-10-14-4-5-19(27-7-3-6-26(2)8-9-27)25-21(14)28-18-12-16(23)15(22)11-17(18)24-20(13)28/h4-5,10-12H,3,6-9H2,1-2H3. The monoisotopic (exact) mass is 381 g/mol. The lowest BCUT2D eigenvalue weighted by atomic mass is 10.2. The largest absolute Gasteiger partial charge is 0.355 e. The number of likely N-dealkylation sites (N-methyl/N-ethyl adjacent to an activating group) is 1. The molecular weight excluding hydrogens is 360 g/mol. The van der Waals surface area contributed by atoms with Crippen molar-refractivity contribution in [3.63, 3.8) is 0 Å². The fourth-order valence-corrected chi connectivity index (χ4v) is 4.04. The van der Waals surface area contributed by atoms with Gasteiger partial charge in [0.25, 0.3) is 0 Å². The molecule has 1 fully saturated rings. The molecule has 1 saturated heterocycles. The van der Waals surface area contributed by atoms with Crippen LogP contribution in [0.3, 0.4) is 0 Å². The zero-order chi connectivity index (χ0) is 19.4. The highest BCUT2D eigenvalue weighted by Crippen LogP contribution is 2.28. The van der Waals surface area contributed by atoms with E-state index < -0.39 is 11.6 Å². The smallest absolute Gasteiger partial charge is 0.161 e. The molecule has 7 heteroatoms. The molecule has 1 aliphatic heterocycles. The van der Waals surface area contributed by atoms with Crippen LogP contribution in [0.1, 0.15) is 12.0 Å². The Kier molecular flexibility index (Phi) is 3.94. The van der Waals surface area contributed by atoms with Crippen LogP contribution in [-0.2, 0) is 0 Å². The molecule has 0 saturated carbocycles. The molecule has 0 amide bonds. The van der Waals surface area contributed by atoms with Gasteiger partial charge in [0.15, 0.2) is 11.6 Å². The number of halogens is 2. The molecule has 0 unspecified atom stereocenters. The van der Waals surface area contributed by atoms with E-state index in [1.54, 1.807) is 0 Å². The van der Waals surface area contributed by atoms with E-state index >= 15 is 0 Å². The fourth-order valence-electron chi connectivity index (χ4n) is 4.04. The highest BCUT2D eigenvalue weighted by molar-refractivity contribution is 5.90. The molecule has 0 atom stereocenters. The second-order valence-electron chi connectivity index (χ2n) is 7.58. The molecule has 0 radical (unpaired) electrons. The summed E-state index contributed by atoms with van der Waals surface area (Å²) in [5.74, 6) is -0.867. The quantitative estimate of drug-likeness (QED) is 0.503. The Bertz CT molecular complexity index is 1220. The minimum atomic E-state index is -0.889. The maximum Gasteiger partial charge on any atom is 0.161 e. The number of hydrogen-bond acceptors (Lipinski definition) is 4. The average Bonchev–Trinajstić information content (AvgIpc) is 2.89. The van der Waals surface area contributed by atoms with E-state index in [4.69, 9.17) is 4.98 Å². The Morgan fingerprint density at radius 1 is 0.893 bits per heavy atom. The van der Waals surface area contributed by atoms with Gasteiger partial charge in [-0.1, -0.05) is 0 Å². The molecule has 0 aliphatic carbocycles. The van der Waals surface area contributed by atoms with Crippen LogP contribution in [-0.4, -0.2) is 52.5 Å². The predicted octanol–water partition coefficient (Wildman–Crippen LogP) is 3.76. The number of hydrogen-bond donors (Lipinski definition) is 0. The number of rotatable bonds is 1. The number of benzene rings is 1. The summed E-state index contributed by atoms with van der Waals surface area (Å²) >= 11 is 0. The van der Waals surface area contributed by atoms with Gasteiger partial charge in [-0.05, 0) is 50.7 Å². The van der Waals surface area contributed by atoms with E-state index in [0.29, 0.717) is 22.3 Å². The number of pyridine rings is 2. The van der Waals surface area contributed by atoms with E-state index in [2.05, 4.69) is 21.8 Å². The van der Waals surface area contributed by atoms with Crippen LogP contribution in [0.2, 0.25) is 0 Å². The molecule has 0 bridgehead atoms. The van der Waals surface area contributed by atoms with Crippen molar-refractivity contribution in [3.05, 3.63) is 47.5 Å². The van der Waals surface area contributed by atoms with Gasteiger partial charge in [0, 0.05) is 37.2 Å². The second-order valence-corrected chi connectivity index (χ2v) is 7.58. The Morgan fingerprint density at radius 3 is 2.57 bits per heavy atom. The molecule has 144 valence electrons. The number of anilines is 1. The minimum Gasteiger partial charge on any atom is -0.355 e. The maximum atomic E-state index is 14.0. The van der Waals surface area contributed by atoms with Crippen LogP contribution in [0.5, 0.6) is 0 Å². The second kappa shape index (κ2) is 6.38. The summed E-state index contributed by atoms with van der Waals surface area (Å²) in [6.07, 6.45) is 1.08. The lowest BCUT2D eigenvalue weighted by Gasteiger charge is -2.22. The summed E-state index contributed by atoms with van der Waals surface area (Å²) < 4.78 is 29.5. The topological polar surface area (TPSA) is 36.7 Å². The van der Waals surface area contributed by atoms with Crippen LogP contribution < -0.4 is 4.90 Å². The van der Waals surface area contributed by atoms with Gasteiger partial charge in [-0.2, -0.15) is 0 Å². The third-order valence-corrected chi connectivity index (χ3v) is 5.57. The van der Waals surface area contributed by atoms with E-state index in [1.807, 2.05) is 29.5 Å². The predicted molar refractivity (Wildman–Crippen MR) is 107 cm³/mol. The molecule has 4 aromatic rings. The zero-order valence-corrected chi connectivity index (χ0v) is 15.9. The molecule has 0 spiro atoms. The minimum absolute atomic E-state index is 0.429. The molecular formula is C21H21F2N5. The molecule has 3 aromatic heterocycles. The van der Waals surface area contributed by atoms with Crippen molar-refractivity contribution in [2.24, 2.45) is 0 Å². The van der Waals surface area contributed by atoms with Crippen molar-refractivity contribution in [2.75, 3.05) is 38.1 Å². The molecule has 4 heterocycles. The number of aromatic nitrogens is 3. The lowest BCUT2D eigenvalue weighted by Crippen LogP contribution is -2.29. The maximum absolute atomic E-state index is 14.0. The molecule has 1 aliphatic rings. The van der Waals surface area contributed by atoms with Gasteiger partial charge >= 0.3 is 0 Å². The third kappa shape index (κ3) is 2.69. The summed E-state index contributed by atoms with van der Waals surface area (Å²) in [4.78, 5) is 14.1. The number of nitrogens with zero attached hydrogens (tertiary/aromatic N) is 5. The summed E-state index contributed by atoms with van der Waals surface area (Å²) in [6, 6.07) is 8.47.